The Balaban J connectivity index is 2.14. The van der Waals surface area contributed by atoms with E-state index in [-0.39, 0.29) is 12.5 Å². The van der Waals surface area contributed by atoms with Crippen LogP contribution in [0.5, 0.6) is 0 Å². The summed E-state index contributed by atoms with van der Waals surface area (Å²) in [7, 11) is 1.71. The van der Waals surface area contributed by atoms with Crippen LogP contribution in [0.3, 0.4) is 0 Å². The first-order valence-electron chi connectivity index (χ1n) is 6.34. The van der Waals surface area contributed by atoms with Crippen molar-refractivity contribution >= 4 is 17.5 Å². The number of carbonyl (C=O) groups is 1. The van der Waals surface area contributed by atoms with Crippen LogP contribution in [0.15, 0.2) is 30.6 Å². The Morgan fingerprint density at radius 1 is 1.52 bits per heavy atom. The summed E-state index contributed by atoms with van der Waals surface area (Å²) in [5, 5.41) is 0.438. The number of hydrogen-bond acceptors (Lipinski definition) is 3. The van der Waals surface area contributed by atoms with Crippen molar-refractivity contribution in [2.45, 2.75) is 6.54 Å². The molecule has 2 rings (SSSR count). The van der Waals surface area contributed by atoms with E-state index in [0.29, 0.717) is 22.7 Å². The molecule has 108 valence electrons. The molecule has 0 fully saturated rings. The molecule has 0 radical (unpaired) electrons. The fourth-order valence-corrected chi connectivity index (χ4v) is 2.02. The van der Waals surface area contributed by atoms with Gasteiger partial charge in [0.2, 0.25) is 0 Å². The number of H-pyrrole nitrogens is 1. The summed E-state index contributed by atoms with van der Waals surface area (Å²) in [6, 6.07) is 5.04. The first-order chi connectivity index (χ1) is 10.1. The zero-order chi connectivity index (χ0) is 15.2. The summed E-state index contributed by atoms with van der Waals surface area (Å²) < 4.78 is 0. The van der Waals surface area contributed by atoms with E-state index in [0.717, 1.165) is 5.82 Å². The van der Waals surface area contributed by atoms with Gasteiger partial charge < -0.3 is 15.6 Å². The number of aromatic nitrogens is 2. The van der Waals surface area contributed by atoms with Gasteiger partial charge in [0.15, 0.2) is 0 Å². The molecule has 0 aliphatic heterocycles. The predicted octanol–water partition coefficient (Wildman–Crippen LogP) is 1.65. The lowest BCUT2D eigenvalue weighted by Gasteiger charge is -2.16. The Hall–Kier alpha value is -2.29. The van der Waals surface area contributed by atoms with Gasteiger partial charge in [0.25, 0.3) is 5.91 Å². The lowest BCUT2D eigenvalue weighted by molar-refractivity contribution is 0.0782. The van der Waals surface area contributed by atoms with E-state index in [1.807, 2.05) is 0 Å². The van der Waals surface area contributed by atoms with Crippen LogP contribution in [0.4, 0.5) is 0 Å². The third-order valence-electron chi connectivity index (χ3n) is 2.83. The van der Waals surface area contributed by atoms with E-state index in [9.17, 15) is 4.79 Å². The number of hydrogen-bond donors (Lipinski definition) is 2. The van der Waals surface area contributed by atoms with Crippen molar-refractivity contribution in [2.75, 3.05) is 13.6 Å². The Morgan fingerprint density at radius 3 is 2.95 bits per heavy atom. The number of nitrogens with one attached hydrogen (secondary N) is 1. The van der Waals surface area contributed by atoms with Crippen LogP contribution < -0.4 is 5.73 Å². The fourth-order valence-electron chi connectivity index (χ4n) is 1.80. The van der Waals surface area contributed by atoms with Crippen molar-refractivity contribution < 1.29 is 4.79 Å². The zero-order valence-corrected chi connectivity index (χ0v) is 12.3. The summed E-state index contributed by atoms with van der Waals surface area (Å²) in [5.74, 6) is 6.18. The summed E-state index contributed by atoms with van der Waals surface area (Å²) in [5.41, 5.74) is 6.49. The summed E-state index contributed by atoms with van der Waals surface area (Å²) in [4.78, 5) is 20.9. The lowest BCUT2D eigenvalue weighted by atomic mass is 10.1. The summed E-state index contributed by atoms with van der Waals surface area (Å²) in [6.07, 6.45) is 3.37. The molecular formula is C15H15ClN4O. The standard InChI is InChI=1S/C15H15ClN4O/c1-20(10-14-18-7-8-19-14)15(21)12-5-4-11(3-2-6-17)13(16)9-12/h4-5,7-9H,6,10,17H2,1H3,(H,18,19). The zero-order valence-electron chi connectivity index (χ0n) is 11.6. The molecule has 1 amide bonds. The van der Waals surface area contributed by atoms with Crippen LogP contribution >= 0.6 is 11.6 Å². The van der Waals surface area contributed by atoms with Gasteiger partial charge in [-0.1, -0.05) is 23.4 Å². The van der Waals surface area contributed by atoms with E-state index >= 15 is 0 Å². The van der Waals surface area contributed by atoms with Crippen molar-refractivity contribution in [1.29, 1.82) is 0 Å². The van der Waals surface area contributed by atoms with Gasteiger partial charge in [0, 0.05) is 30.6 Å². The van der Waals surface area contributed by atoms with Crippen molar-refractivity contribution in [3.05, 3.63) is 52.6 Å². The summed E-state index contributed by atoms with van der Waals surface area (Å²) >= 11 is 6.12. The topological polar surface area (TPSA) is 75.0 Å². The molecule has 0 atom stereocenters. The van der Waals surface area contributed by atoms with Crippen LogP contribution in [0.1, 0.15) is 21.7 Å². The minimum atomic E-state index is -0.133. The number of benzene rings is 1. The van der Waals surface area contributed by atoms with Gasteiger partial charge in [-0.05, 0) is 18.2 Å². The average Bonchev–Trinajstić information content (AvgIpc) is 2.98. The smallest absolute Gasteiger partial charge is 0.254 e. The molecule has 0 aliphatic carbocycles. The Labute approximate surface area is 128 Å². The predicted molar refractivity (Wildman–Crippen MR) is 81.8 cm³/mol. The van der Waals surface area contributed by atoms with E-state index in [2.05, 4.69) is 21.8 Å². The number of aromatic amines is 1. The molecular weight excluding hydrogens is 288 g/mol. The van der Waals surface area contributed by atoms with Crippen LogP contribution in [0.2, 0.25) is 5.02 Å². The number of imidazole rings is 1. The normalized spacial score (nSPS) is 9.86. The molecule has 1 heterocycles. The third kappa shape index (κ3) is 3.85. The number of nitrogens with two attached hydrogens (primary N) is 1. The van der Waals surface area contributed by atoms with Gasteiger partial charge >= 0.3 is 0 Å². The van der Waals surface area contributed by atoms with Gasteiger partial charge in [0.1, 0.15) is 5.82 Å². The first kappa shape index (κ1) is 15.1. The highest BCUT2D eigenvalue weighted by atomic mass is 35.5. The highest BCUT2D eigenvalue weighted by Gasteiger charge is 2.14. The molecule has 1 aromatic carbocycles. The van der Waals surface area contributed by atoms with Crippen molar-refractivity contribution in [1.82, 2.24) is 14.9 Å². The number of nitrogens with zero attached hydrogens (tertiary/aromatic N) is 2. The molecule has 3 N–H and O–H groups in total. The Kier molecular flexibility index (Phi) is 4.99. The molecule has 5 nitrogen and oxygen atoms in total. The lowest BCUT2D eigenvalue weighted by Crippen LogP contribution is -2.26. The largest absolute Gasteiger partial charge is 0.347 e. The van der Waals surface area contributed by atoms with E-state index in [1.165, 1.54) is 0 Å². The molecule has 6 heteroatoms. The molecule has 2 aromatic rings. The second-order valence-electron chi connectivity index (χ2n) is 4.40. The quantitative estimate of drug-likeness (QED) is 0.847. The van der Waals surface area contributed by atoms with Gasteiger partial charge in [-0.25, -0.2) is 4.98 Å². The number of halogens is 1. The molecule has 0 saturated carbocycles. The summed E-state index contributed by atoms with van der Waals surface area (Å²) in [6.45, 7) is 0.668. The molecule has 0 saturated heterocycles. The molecule has 0 spiro atoms. The van der Waals surface area contributed by atoms with Crippen molar-refractivity contribution in [3.8, 4) is 11.8 Å². The van der Waals surface area contributed by atoms with E-state index < -0.39 is 0 Å². The molecule has 0 bridgehead atoms. The average molecular weight is 303 g/mol. The van der Waals surface area contributed by atoms with Crippen LogP contribution in [-0.2, 0) is 6.54 Å². The minimum absolute atomic E-state index is 0.133. The maximum Gasteiger partial charge on any atom is 0.254 e. The molecule has 0 aliphatic rings. The minimum Gasteiger partial charge on any atom is -0.347 e. The van der Waals surface area contributed by atoms with Gasteiger partial charge in [-0.3, -0.25) is 4.79 Å². The van der Waals surface area contributed by atoms with Gasteiger partial charge in [-0.2, -0.15) is 0 Å². The molecule has 0 unspecified atom stereocenters. The van der Waals surface area contributed by atoms with E-state index in [1.54, 1.807) is 42.5 Å². The van der Waals surface area contributed by atoms with Gasteiger partial charge in [-0.15, -0.1) is 0 Å². The van der Waals surface area contributed by atoms with Crippen molar-refractivity contribution in [3.63, 3.8) is 0 Å². The van der Waals surface area contributed by atoms with Crippen molar-refractivity contribution in [2.24, 2.45) is 5.73 Å². The van der Waals surface area contributed by atoms with Gasteiger partial charge in [0.05, 0.1) is 18.1 Å². The second-order valence-corrected chi connectivity index (χ2v) is 4.80. The Morgan fingerprint density at radius 2 is 2.33 bits per heavy atom. The number of carbonyl (C=O) groups excluding carboxylic acids is 1. The number of amides is 1. The maximum atomic E-state index is 12.3. The molecule has 1 aromatic heterocycles. The third-order valence-corrected chi connectivity index (χ3v) is 3.14. The van der Waals surface area contributed by atoms with Crippen LogP contribution in [0.25, 0.3) is 0 Å². The monoisotopic (exact) mass is 302 g/mol. The maximum absolute atomic E-state index is 12.3. The van der Waals surface area contributed by atoms with Crippen LogP contribution in [-0.4, -0.2) is 34.4 Å². The fraction of sp³-hybridized carbons (Fsp3) is 0.200. The first-order valence-corrected chi connectivity index (χ1v) is 6.72. The Bertz CT molecular complexity index is 685. The SMILES string of the molecule is CN(Cc1ncc[nH]1)C(=O)c1ccc(C#CCN)c(Cl)c1. The van der Waals surface area contributed by atoms with E-state index in [4.69, 9.17) is 17.3 Å². The highest BCUT2D eigenvalue weighted by Crippen LogP contribution is 2.18. The molecule has 21 heavy (non-hydrogen) atoms. The second kappa shape index (κ2) is 6.93. The highest BCUT2D eigenvalue weighted by molar-refractivity contribution is 6.32. The number of rotatable bonds is 3. The van der Waals surface area contributed by atoms with Crippen LogP contribution in [0, 0.1) is 11.8 Å².